The predicted molar refractivity (Wildman–Crippen MR) is 99.2 cm³/mol. The quantitative estimate of drug-likeness (QED) is 0.544. The van der Waals surface area contributed by atoms with E-state index in [2.05, 4.69) is 5.32 Å². The lowest BCUT2D eigenvalue weighted by Gasteiger charge is -2.19. The molecule has 0 saturated carbocycles. The number of nitrogens with one attached hydrogen (secondary N) is 1. The Bertz CT molecular complexity index is 826. The lowest BCUT2D eigenvalue weighted by atomic mass is 10.2. The molecule has 2 aromatic carbocycles. The van der Waals surface area contributed by atoms with Crippen molar-refractivity contribution in [1.29, 1.82) is 0 Å². The number of para-hydroxylation sites is 1. The molecule has 2 rings (SSSR count). The number of amides is 1. The van der Waals surface area contributed by atoms with E-state index in [0.717, 1.165) is 5.56 Å². The summed E-state index contributed by atoms with van der Waals surface area (Å²) in [4.78, 5) is 22.5. The van der Waals surface area contributed by atoms with Crippen LogP contribution in [0.1, 0.15) is 26.3 Å². The molecular weight excluding hydrogens is 360 g/mol. The Kier molecular flexibility index (Phi) is 5.72. The highest BCUT2D eigenvalue weighted by molar-refractivity contribution is 6.32. The van der Waals surface area contributed by atoms with Gasteiger partial charge < -0.3 is 9.47 Å². The number of carbonyl (C=O) groups is 1. The Morgan fingerprint density at radius 2 is 1.92 bits per heavy atom. The lowest BCUT2D eigenvalue weighted by molar-refractivity contribution is -0.384. The summed E-state index contributed by atoms with van der Waals surface area (Å²) >= 11 is 6.13. The van der Waals surface area contributed by atoms with Gasteiger partial charge >= 0.3 is 6.09 Å². The molecule has 138 valence electrons. The van der Waals surface area contributed by atoms with E-state index in [9.17, 15) is 14.9 Å². The fraction of sp³-hybridized carbons (Fsp3) is 0.278. The van der Waals surface area contributed by atoms with E-state index >= 15 is 0 Å². The second-order valence-corrected chi connectivity index (χ2v) is 6.99. The molecule has 0 fully saturated rings. The summed E-state index contributed by atoms with van der Waals surface area (Å²) in [6.45, 7) is 6.96. The van der Waals surface area contributed by atoms with E-state index < -0.39 is 16.6 Å². The summed E-state index contributed by atoms with van der Waals surface area (Å²) in [6.07, 6.45) is -0.724. The van der Waals surface area contributed by atoms with Crippen molar-refractivity contribution in [3.63, 3.8) is 0 Å². The van der Waals surface area contributed by atoms with Crippen molar-refractivity contribution in [2.24, 2.45) is 0 Å². The molecule has 7 nitrogen and oxygen atoms in total. The Hall–Kier alpha value is -2.80. The Balaban J connectivity index is 2.34. The molecule has 0 bridgehead atoms. The maximum absolute atomic E-state index is 11.9. The topological polar surface area (TPSA) is 90.7 Å². The summed E-state index contributed by atoms with van der Waals surface area (Å²) in [5, 5.41) is 14.0. The molecule has 1 amide bonds. The molecule has 0 aliphatic carbocycles. The molecule has 0 saturated heterocycles. The van der Waals surface area contributed by atoms with Crippen molar-refractivity contribution in [1.82, 2.24) is 0 Å². The first kappa shape index (κ1) is 19.5. The number of anilines is 1. The number of hydrogen-bond acceptors (Lipinski definition) is 5. The Morgan fingerprint density at radius 3 is 2.50 bits per heavy atom. The van der Waals surface area contributed by atoms with Gasteiger partial charge in [0.05, 0.1) is 21.7 Å². The number of rotatable bonds is 4. The molecule has 0 aliphatic rings. The maximum Gasteiger partial charge on any atom is 0.412 e. The largest absolute Gasteiger partial charge is 0.455 e. The van der Waals surface area contributed by atoms with Crippen molar-refractivity contribution >= 4 is 29.1 Å². The average molecular weight is 379 g/mol. The van der Waals surface area contributed by atoms with Gasteiger partial charge in [-0.15, -0.1) is 0 Å². The number of benzene rings is 2. The molecule has 8 heteroatoms. The molecular formula is C18H19ClN2O5. The van der Waals surface area contributed by atoms with Gasteiger partial charge in [-0.25, -0.2) is 4.79 Å². The van der Waals surface area contributed by atoms with Crippen molar-refractivity contribution < 1.29 is 19.2 Å². The highest BCUT2D eigenvalue weighted by Gasteiger charge is 2.19. The van der Waals surface area contributed by atoms with Crippen molar-refractivity contribution in [3.05, 3.63) is 57.1 Å². The first-order valence-electron chi connectivity index (χ1n) is 7.77. The van der Waals surface area contributed by atoms with Crippen LogP contribution in [0.4, 0.5) is 16.2 Å². The molecule has 0 unspecified atom stereocenters. The van der Waals surface area contributed by atoms with Gasteiger partial charge in [-0.3, -0.25) is 15.4 Å². The summed E-state index contributed by atoms with van der Waals surface area (Å²) in [7, 11) is 0. The molecule has 0 aromatic heterocycles. The highest BCUT2D eigenvalue weighted by Crippen LogP contribution is 2.35. The van der Waals surface area contributed by atoms with Crippen LogP contribution in [-0.4, -0.2) is 16.6 Å². The Labute approximate surface area is 156 Å². The molecule has 0 heterocycles. The molecule has 0 aliphatic heterocycles. The monoisotopic (exact) mass is 378 g/mol. The van der Waals surface area contributed by atoms with E-state index in [0.29, 0.717) is 10.8 Å². The summed E-state index contributed by atoms with van der Waals surface area (Å²) in [5.74, 6) is 0.555. The van der Waals surface area contributed by atoms with Crippen molar-refractivity contribution in [2.75, 3.05) is 5.32 Å². The second-order valence-electron chi connectivity index (χ2n) is 6.59. The number of nitro groups is 1. The van der Waals surface area contributed by atoms with Gasteiger partial charge in [0.15, 0.2) is 0 Å². The third-order valence-electron chi connectivity index (χ3n) is 3.13. The van der Waals surface area contributed by atoms with Crippen LogP contribution < -0.4 is 10.1 Å². The van der Waals surface area contributed by atoms with Crippen LogP contribution in [0.15, 0.2) is 36.4 Å². The third kappa shape index (κ3) is 5.35. The second kappa shape index (κ2) is 7.61. The molecule has 26 heavy (non-hydrogen) atoms. The smallest absolute Gasteiger partial charge is 0.412 e. The number of nitrogens with zero attached hydrogens (tertiary/aromatic N) is 1. The van der Waals surface area contributed by atoms with Crippen LogP contribution >= 0.6 is 11.6 Å². The minimum atomic E-state index is -0.724. The van der Waals surface area contributed by atoms with E-state index in [1.165, 1.54) is 18.2 Å². The highest BCUT2D eigenvalue weighted by atomic mass is 35.5. The Morgan fingerprint density at radius 1 is 1.23 bits per heavy atom. The fourth-order valence-electron chi connectivity index (χ4n) is 2.11. The van der Waals surface area contributed by atoms with Crippen molar-refractivity contribution in [2.45, 2.75) is 33.3 Å². The van der Waals surface area contributed by atoms with Gasteiger partial charge in [0.1, 0.15) is 17.1 Å². The zero-order valence-corrected chi connectivity index (χ0v) is 15.6. The lowest BCUT2D eigenvalue weighted by Crippen LogP contribution is -2.27. The van der Waals surface area contributed by atoms with Crippen LogP contribution in [0.25, 0.3) is 0 Å². The van der Waals surface area contributed by atoms with Gasteiger partial charge in [0.2, 0.25) is 0 Å². The summed E-state index contributed by atoms with van der Waals surface area (Å²) in [6, 6.07) is 9.16. The minimum absolute atomic E-state index is 0.168. The van der Waals surface area contributed by atoms with E-state index in [4.69, 9.17) is 21.1 Å². The number of carbonyl (C=O) groups excluding carboxylic acids is 1. The number of halogens is 1. The van der Waals surface area contributed by atoms with Crippen LogP contribution in [0.3, 0.4) is 0 Å². The van der Waals surface area contributed by atoms with Crippen molar-refractivity contribution in [3.8, 4) is 11.5 Å². The van der Waals surface area contributed by atoms with Gasteiger partial charge in [-0.1, -0.05) is 23.7 Å². The van der Waals surface area contributed by atoms with E-state index in [1.54, 1.807) is 45.9 Å². The summed E-state index contributed by atoms with van der Waals surface area (Å²) in [5.41, 5.74) is 0.01000. The standard InChI is InChI=1S/C18H19ClN2O5/c1-11-6-5-7-15(19)16(11)25-14-9-12(8-13(10-14)21(23)24)20-17(22)26-18(2,3)4/h5-10H,1-4H3,(H,20,22). The SMILES string of the molecule is Cc1cccc(Cl)c1Oc1cc(NC(=O)OC(C)(C)C)cc([N+](=O)[O-])c1. The van der Waals surface area contributed by atoms with E-state index in [-0.39, 0.29) is 17.1 Å². The fourth-order valence-corrected chi connectivity index (χ4v) is 2.37. The van der Waals surface area contributed by atoms with Crippen LogP contribution in [-0.2, 0) is 4.74 Å². The minimum Gasteiger partial charge on any atom is -0.455 e. The predicted octanol–water partition coefficient (Wildman–Crippen LogP) is 5.70. The molecule has 1 N–H and O–H groups in total. The van der Waals surface area contributed by atoms with Crippen LogP contribution in [0, 0.1) is 17.0 Å². The zero-order chi connectivity index (χ0) is 19.5. The zero-order valence-electron chi connectivity index (χ0n) is 14.8. The molecule has 0 atom stereocenters. The number of nitro benzene ring substituents is 1. The van der Waals surface area contributed by atoms with E-state index in [1.807, 2.05) is 0 Å². The van der Waals surface area contributed by atoms with Gasteiger partial charge in [-0.05, 0) is 39.3 Å². The summed E-state index contributed by atoms with van der Waals surface area (Å²) < 4.78 is 10.9. The third-order valence-corrected chi connectivity index (χ3v) is 3.43. The maximum atomic E-state index is 11.9. The molecule has 0 radical (unpaired) electrons. The number of ether oxygens (including phenoxy) is 2. The molecule has 2 aromatic rings. The first-order chi connectivity index (χ1) is 12.0. The number of aryl methyl sites for hydroxylation is 1. The van der Waals surface area contributed by atoms with Gasteiger partial charge in [0.25, 0.3) is 5.69 Å². The van der Waals surface area contributed by atoms with Crippen LogP contribution in [0.5, 0.6) is 11.5 Å². The number of non-ortho nitro benzene ring substituents is 1. The average Bonchev–Trinajstić information content (AvgIpc) is 2.49. The number of hydrogen-bond donors (Lipinski definition) is 1. The van der Waals surface area contributed by atoms with Gasteiger partial charge in [-0.2, -0.15) is 0 Å². The van der Waals surface area contributed by atoms with Crippen LogP contribution in [0.2, 0.25) is 5.02 Å². The normalized spacial score (nSPS) is 11.0. The molecule has 0 spiro atoms. The van der Waals surface area contributed by atoms with Gasteiger partial charge in [0, 0.05) is 12.1 Å². The first-order valence-corrected chi connectivity index (χ1v) is 8.15.